The summed E-state index contributed by atoms with van der Waals surface area (Å²) in [5.74, 6) is -0.954. The largest absolute Gasteiger partial charge is 0.279 e. The molecule has 2 amide bonds. The lowest BCUT2D eigenvalue weighted by Gasteiger charge is -2.07. The molecule has 2 N–H and O–H groups in total. The standard InChI is InChI=1S/C13H10IN3O4S/c1-7-2-5-11(22-7)13(19)16-15-12(18)9-4-3-8(17(20)21)6-10(9)14/h2-6H,1H3,(H,15,18)(H,16,19). The van der Waals surface area contributed by atoms with E-state index in [0.717, 1.165) is 4.88 Å². The first-order valence-corrected chi connectivity index (χ1v) is 7.89. The molecule has 0 saturated carbocycles. The highest BCUT2D eigenvalue weighted by Gasteiger charge is 2.15. The molecule has 9 heteroatoms. The number of nitrogens with zero attached hydrogens (tertiary/aromatic N) is 1. The van der Waals surface area contributed by atoms with Gasteiger partial charge in [0.1, 0.15) is 0 Å². The van der Waals surface area contributed by atoms with Crippen molar-refractivity contribution >= 4 is 51.4 Å². The zero-order valence-corrected chi connectivity index (χ0v) is 14.2. The molecule has 0 unspecified atom stereocenters. The molecule has 0 aliphatic rings. The van der Waals surface area contributed by atoms with E-state index < -0.39 is 16.7 Å². The molecular weight excluding hydrogens is 421 g/mol. The number of nitro groups is 1. The highest BCUT2D eigenvalue weighted by Crippen LogP contribution is 2.19. The summed E-state index contributed by atoms with van der Waals surface area (Å²) in [7, 11) is 0. The fourth-order valence-electron chi connectivity index (χ4n) is 1.60. The van der Waals surface area contributed by atoms with Gasteiger partial charge in [-0.1, -0.05) is 0 Å². The molecule has 0 spiro atoms. The number of halogens is 1. The van der Waals surface area contributed by atoms with E-state index in [1.807, 2.05) is 29.5 Å². The normalized spacial score (nSPS) is 10.1. The van der Waals surface area contributed by atoms with Gasteiger partial charge in [-0.25, -0.2) is 0 Å². The lowest BCUT2D eigenvalue weighted by atomic mass is 10.2. The zero-order valence-electron chi connectivity index (χ0n) is 11.3. The van der Waals surface area contributed by atoms with Crippen LogP contribution in [-0.4, -0.2) is 16.7 Å². The minimum absolute atomic E-state index is 0.0981. The molecule has 0 saturated heterocycles. The highest BCUT2D eigenvalue weighted by molar-refractivity contribution is 14.1. The molecule has 22 heavy (non-hydrogen) atoms. The van der Waals surface area contributed by atoms with Crippen LogP contribution in [0, 0.1) is 20.6 Å². The molecule has 1 aromatic heterocycles. The van der Waals surface area contributed by atoms with Crippen LogP contribution in [0.3, 0.4) is 0 Å². The van der Waals surface area contributed by atoms with E-state index in [4.69, 9.17) is 0 Å². The molecule has 7 nitrogen and oxygen atoms in total. The number of rotatable bonds is 3. The Balaban J connectivity index is 2.03. The van der Waals surface area contributed by atoms with E-state index in [1.54, 1.807) is 12.1 Å². The van der Waals surface area contributed by atoms with E-state index in [0.29, 0.717) is 8.45 Å². The second-order valence-electron chi connectivity index (χ2n) is 4.24. The Kier molecular flexibility index (Phi) is 5.08. The van der Waals surface area contributed by atoms with Crippen LogP contribution >= 0.6 is 33.9 Å². The molecule has 1 aromatic carbocycles. The second-order valence-corrected chi connectivity index (χ2v) is 6.69. The minimum atomic E-state index is -0.541. The number of hydrogen-bond donors (Lipinski definition) is 2. The number of nitrogens with one attached hydrogen (secondary N) is 2. The third-order valence-corrected chi connectivity index (χ3v) is 4.55. The SMILES string of the molecule is Cc1ccc(C(=O)NNC(=O)c2ccc([N+](=O)[O-])cc2I)s1. The summed E-state index contributed by atoms with van der Waals surface area (Å²) in [6.45, 7) is 1.87. The van der Waals surface area contributed by atoms with Gasteiger partial charge in [-0.3, -0.25) is 30.6 Å². The Hall–Kier alpha value is -2.01. The Morgan fingerprint density at radius 2 is 1.86 bits per heavy atom. The maximum absolute atomic E-state index is 12.0. The van der Waals surface area contributed by atoms with Crippen LogP contribution < -0.4 is 10.9 Å². The topological polar surface area (TPSA) is 101 Å². The van der Waals surface area contributed by atoms with Crippen molar-refractivity contribution in [2.24, 2.45) is 0 Å². The number of carbonyl (C=O) groups excluding carboxylic acids is 2. The van der Waals surface area contributed by atoms with Gasteiger partial charge in [0.05, 0.1) is 15.4 Å². The van der Waals surface area contributed by atoms with Gasteiger partial charge in [-0.15, -0.1) is 11.3 Å². The van der Waals surface area contributed by atoms with Crippen LogP contribution in [0.15, 0.2) is 30.3 Å². The van der Waals surface area contributed by atoms with Crippen molar-refractivity contribution in [3.63, 3.8) is 0 Å². The van der Waals surface area contributed by atoms with E-state index in [9.17, 15) is 19.7 Å². The number of hydrazine groups is 1. The molecule has 1 heterocycles. The van der Waals surface area contributed by atoms with E-state index in [-0.39, 0.29) is 11.3 Å². The number of aryl methyl sites for hydroxylation is 1. The van der Waals surface area contributed by atoms with Crippen molar-refractivity contribution in [2.45, 2.75) is 6.92 Å². The highest BCUT2D eigenvalue weighted by atomic mass is 127. The minimum Gasteiger partial charge on any atom is -0.267 e. The van der Waals surface area contributed by atoms with Crippen molar-refractivity contribution in [1.29, 1.82) is 0 Å². The van der Waals surface area contributed by atoms with Crippen LogP contribution in [-0.2, 0) is 0 Å². The molecule has 0 bridgehead atoms. The van der Waals surface area contributed by atoms with Gasteiger partial charge in [0.15, 0.2) is 0 Å². The Morgan fingerprint density at radius 1 is 1.18 bits per heavy atom. The molecule has 2 aromatic rings. The van der Waals surface area contributed by atoms with Crippen LogP contribution in [0.25, 0.3) is 0 Å². The van der Waals surface area contributed by atoms with Crippen LogP contribution in [0.1, 0.15) is 24.9 Å². The fourth-order valence-corrected chi connectivity index (χ4v) is 3.11. The molecular formula is C13H10IN3O4S. The van der Waals surface area contributed by atoms with E-state index >= 15 is 0 Å². The maximum Gasteiger partial charge on any atom is 0.279 e. The summed E-state index contributed by atoms with van der Waals surface area (Å²) in [5.41, 5.74) is 4.75. The molecule has 0 atom stereocenters. The molecule has 2 rings (SSSR count). The van der Waals surface area contributed by atoms with Crippen LogP contribution in [0.2, 0.25) is 0 Å². The third-order valence-electron chi connectivity index (χ3n) is 2.66. The number of hydrogen-bond acceptors (Lipinski definition) is 5. The average Bonchev–Trinajstić information content (AvgIpc) is 2.90. The Labute approximate surface area is 143 Å². The summed E-state index contributed by atoms with van der Waals surface area (Å²) in [6.07, 6.45) is 0. The Bertz CT molecular complexity index is 759. The van der Waals surface area contributed by atoms with Crippen molar-refractivity contribution in [2.75, 3.05) is 0 Å². The number of carbonyl (C=O) groups is 2. The van der Waals surface area contributed by atoms with Crippen molar-refractivity contribution in [1.82, 2.24) is 10.9 Å². The summed E-state index contributed by atoms with van der Waals surface area (Å²) >= 11 is 3.14. The van der Waals surface area contributed by atoms with Gasteiger partial charge in [0.2, 0.25) is 0 Å². The summed E-state index contributed by atoms with van der Waals surface area (Å²) in [5, 5.41) is 10.7. The first-order chi connectivity index (χ1) is 10.4. The molecule has 0 radical (unpaired) electrons. The Morgan fingerprint density at radius 3 is 2.41 bits per heavy atom. The monoisotopic (exact) mass is 431 g/mol. The number of thiophene rings is 1. The van der Waals surface area contributed by atoms with Crippen molar-refractivity contribution in [3.05, 3.63) is 59.3 Å². The molecule has 0 aliphatic heterocycles. The smallest absolute Gasteiger partial charge is 0.267 e. The lowest BCUT2D eigenvalue weighted by Crippen LogP contribution is -2.41. The number of non-ortho nitro benzene ring substituents is 1. The zero-order chi connectivity index (χ0) is 16.3. The summed E-state index contributed by atoms with van der Waals surface area (Å²) in [4.78, 5) is 35.4. The van der Waals surface area contributed by atoms with Gasteiger partial charge < -0.3 is 0 Å². The predicted octanol–water partition coefficient (Wildman–Crippen LogP) is 2.64. The van der Waals surface area contributed by atoms with Crippen molar-refractivity contribution < 1.29 is 14.5 Å². The van der Waals surface area contributed by atoms with Gasteiger partial charge in [0.25, 0.3) is 17.5 Å². The maximum atomic E-state index is 12.0. The molecule has 114 valence electrons. The third kappa shape index (κ3) is 3.80. The molecule has 0 fully saturated rings. The van der Waals surface area contributed by atoms with Gasteiger partial charge in [-0.2, -0.15) is 0 Å². The van der Waals surface area contributed by atoms with Gasteiger partial charge in [-0.05, 0) is 47.7 Å². The quantitative estimate of drug-likeness (QED) is 0.443. The first kappa shape index (κ1) is 16.4. The van der Waals surface area contributed by atoms with Gasteiger partial charge in [0, 0.05) is 20.6 Å². The number of nitro benzene ring substituents is 1. The van der Waals surface area contributed by atoms with Crippen LogP contribution in [0.4, 0.5) is 5.69 Å². The van der Waals surface area contributed by atoms with Crippen molar-refractivity contribution in [3.8, 4) is 0 Å². The second kappa shape index (κ2) is 6.83. The lowest BCUT2D eigenvalue weighted by molar-refractivity contribution is -0.384. The summed E-state index contributed by atoms with van der Waals surface area (Å²) < 4.78 is 0.422. The summed E-state index contributed by atoms with van der Waals surface area (Å²) in [6, 6.07) is 7.34. The van der Waals surface area contributed by atoms with E-state index in [2.05, 4.69) is 10.9 Å². The van der Waals surface area contributed by atoms with Crippen LogP contribution in [0.5, 0.6) is 0 Å². The predicted molar refractivity (Wildman–Crippen MR) is 89.8 cm³/mol. The van der Waals surface area contributed by atoms with Gasteiger partial charge >= 0.3 is 0 Å². The number of amides is 2. The number of benzene rings is 1. The average molecular weight is 431 g/mol. The first-order valence-electron chi connectivity index (χ1n) is 5.99. The molecule has 0 aliphatic carbocycles. The van der Waals surface area contributed by atoms with E-state index in [1.165, 1.54) is 29.5 Å². The fraction of sp³-hybridized carbons (Fsp3) is 0.0769.